The highest BCUT2D eigenvalue weighted by molar-refractivity contribution is 6.07. The van der Waals surface area contributed by atoms with Gasteiger partial charge in [0.25, 0.3) is 5.91 Å². The molecule has 0 aromatic heterocycles. The summed E-state index contributed by atoms with van der Waals surface area (Å²) in [6, 6.07) is 9.97. The zero-order chi connectivity index (χ0) is 22.2. The number of amides is 1. The molecule has 31 heavy (non-hydrogen) atoms. The van der Waals surface area contributed by atoms with E-state index >= 15 is 0 Å². The number of hydrogen-bond acceptors (Lipinski definition) is 6. The Morgan fingerprint density at radius 3 is 2.74 bits per heavy atom. The molecule has 0 saturated carbocycles. The molecule has 0 bridgehead atoms. The maximum atomic E-state index is 14.1. The second-order valence-corrected chi connectivity index (χ2v) is 7.86. The fourth-order valence-electron chi connectivity index (χ4n) is 4.27. The van der Waals surface area contributed by atoms with E-state index in [1.165, 1.54) is 24.1 Å². The normalized spacial score (nSPS) is 22.3. The van der Waals surface area contributed by atoms with Gasteiger partial charge in [-0.05, 0) is 48.2 Å². The highest BCUT2D eigenvalue weighted by Gasteiger charge is 2.53. The number of halogens is 1. The Labute approximate surface area is 180 Å². The first-order valence-electron chi connectivity index (χ1n) is 10.2. The van der Waals surface area contributed by atoms with Crippen molar-refractivity contribution in [3.05, 3.63) is 47.8 Å². The van der Waals surface area contributed by atoms with Gasteiger partial charge in [0.2, 0.25) is 0 Å². The van der Waals surface area contributed by atoms with Gasteiger partial charge in [-0.3, -0.25) is 9.69 Å². The van der Waals surface area contributed by atoms with Crippen molar-refractivity contribution in [3.8, 4) is 22.6 Å². The van der Waals surface area contributed by atoms with Gasteiger partial charge in [-0.1, -0.05) is 6.07 Å². The van der Waals surface area contributed by atoms with E-state index in [4.69, 9.17) is 19.9 Å². The maximum absolute atomic E-state index is 14.1. The van der Waals surface area contributed by atoms with Crippen LogP contribution in [0.2, 0.25) is 0 Å². The van der Waals surface area contributed by atoms with Crippen LogP contribution >= 0.6 is 0 Å². The molecule has 8 heteroatoms. The number of fused-ring (bicyclic) bond motifs is 2. The average Bonchev–Trinajstić information content (AvgIpc) is 2.97. The maximum Gasteiger partial charge on any atom is 0.261 e. The lowest BCUT2D eigenvalue weighted by atomic mass is 9.80. The molecule has 0 aliphatic carbocycles. The number of benzene rings is 2. The fourth-order valence-corrected chi connectivity index (χ4v) is 4.27. The second kappa shape index (κ2) is 8.19. The summed E-state index contributed by atoms with van der Waals surface area (Å²) in [6.07, 6.45) is 1.71. The molecular formula is C23H26FN3O4. The molecule has 0 fully saturated rings. The van der Waals surface area contributed by atoms with E-state index in [9.17, 15) is 9.18 Å². The summed E-state index contributed by atoms with van der Waals surface area (Å²) in [4.78, 5) is 19.3. The third-order valence-corrected chi connectivity index (χ3v) is 5.86. The van der Waals surface area contributed by atoms with Gasteiger partial charge in [0.1, 0.15) is 23.4 Å². The molecule has 2 unspecified atom stereocenters. The highest BCUT2D eigenvalue weighted by atomic mass is 19.1. The van der Waals surface area contributed by atoms with Crippen LogP contribution in [0.25, 0.3) is 11.1 Å². The van der Waals surface area contributed by atoms with Crippen LogP contribution in [0.3, 0.4) is 0 Å². The summed E-state index contributed by atoms with van der Waals surface area (Å²) < 4.78 is 30.6. The number of guanidine groups is 1. The largest absolute Gasteiger partial charge is 0.497 e. The Morgan fingerprint density at radius 1 is 1.26 bits per heavy atom. The number of methoxy groups -OCH3 is 2. The lowest BCUT2D eigenvalue weighted by Crippen LogP contribution is -2.45. The number of ether oxygens (including phenoxy) is 3. The van der Waals surface area contributed by atoms with Crippen molar-refractivity contribution in [1.29, 1.82) is 0 Å². The van der Waals surface area contributed by atoms with Gasteiger partial charge in [0, 0.05) is 38.8 Å². The van der Waals surface area contributed by atoms with E-state index in [1.54, 1.807) is 20.2 Å². The zero-order valence-electron chi connectivity index (χ0n) is 17.9. The van der Waals surface area contributed by atoms with Gasteiger partial charge in [-0.2, -0.15) is 0 Å². The van der Waals surface area contributed by atoms with Crippen LogP contribution in [0, 0.1) is 5.82 Å². The topological polar surface area (TPSA) is 86.4 Å². The quantitative estimate of drug-likeness (QED) is 0.716. The predicted octanol–water partition coefficient (Wildman–Crippen LogP) is 3.06. The molecule has 2 atom stereocenters. The minimum Gasteiger partial charge on any atom is -0.497 e. The van der Waals surface area contributed by atoms with Crippen molar-refractivity contribution in [2.45, 2.75) is 30.9 Å². The number of nitrogens with zero attached hydrogens (tertiary/aromatic N) is 2. The van der Waals surface area contributed by atoms with Crippen molar-refractivity contribution >= 4 is 11.9 Å². The molecule has 164 valence electrons. The minimum absolute atomic E-state index is 0.173. The number of carbonyl (C=O) groups excluding carboxylic acids is 1. The summed E-state index contributed by atoms with van der Waals surface area (Å²) in [5, 5.41) is 0. The molecule has 2 aliphatic heterocycles. The highest BCUT2D eigenvalue weighted by Crippen LogP contribution is 2.47. The Kier molecular flexibility index (Phi) is 5.58. The number of hydrogen-bond donors (Lipinski definition) is 1. The van der Waals surface area contributed by atoms with Crippen LogP contribution in [0.1, 0.15) is 24.8 Å². The molecule has 7 nitrogen and oxygen atoms in total. The van der Waals surface area contributed by atoms with Crippen LogP contribution in [0.15, 0.2) is 41.4 Å². The lowest BCUT2D eigenvalue weighted by Gasteiger charge is -2.37. The van der Waals surface area contributed by atoms with Crippen molar-refractivity contribution in [1.82, 2.24) is 4.90 Å². The van der Waals surface area contributed by atoms with Crippen molar-refractivity contribution < 1.29 is 23.4 Å². The van der Waals surface area contributed by atoms with Crippen LogP contribution in [0.4, 0.5) is 4.39 Å². The number of carbonyl (C=O) groups is 1. The molecule has 2 N–H and O–H groups in total. The molecule has 2 aromatic carbocycles. The van der Waals surface area contributed by atoms with E-state index in [0.29, 0.717) is 35.7 Å². The zero-order valence-corrected chi connectivity index (χ0v) is 17.9. The van der Waals surface area contributed by atoms with Crippen molar-refractivity contribution in [2.75, 3.05) is 27.9 Å². The van der Waals surface area contributed by atoms with Gasteiger partial charge in [0.15, 0.2) is 11.5 Å². The summed E-state index contributed by atoms with van der Waals surface area (Å²) in [6.45, 7) is 0.610. The van der Waals surface area contributed by atoms with Crippen LogP contribution in [-0.2, 0) is 15.1 Å². The predicted molar refractivity (Wildman–Crippen MR) is 115 cm³/mol. The Balaban J connectivity index is 1.80. The summed E-state index contributed by atoms with van der Waals surface area (Å²) in [7, 11) is 4.76. The Morgan fingerprint density at radius 2 is 2.06 bits per heavy atom. The molecule has 1 spiro atoms. The molecule has 2 aromatic rings. The van der Waals surface area contributed by atoms with Crippen LogP contribution < -0.4 is 15.2 Å². The van der Waals surface area contributed by atoms with E-state index in [-0.39, 0.29) is 18.0 Å². The third kappa shape index (κ3) is 3.72. The Hall–Kier alpha value is -3.13. The molecule has 1 amide bonds. The number of nitrogens with two attached hydrogens (primary N) is 1. The second-order valence-electron chi connectivity index (χ2n) is 7.86. The van der Waals surface area contributed by atoms with Gasteiger partial charge >= 0.3 is 0 Å². The van der Waals surface area contributed by atoms with E-state index < -0.39 is 11.4 Å². The van der Waals surface area contributed by atoms with Crippen LogP contribution in [0.5, 0.6) is 11.5 Å². The number of likely N-dealkylation sites (N-methyl/N-ethyl adjacent to an activating group) is 1. The smallest absolute Gasteiger partial charge is 0.261 e. The van der Waals surface area contributed by atoms with Gasteiger partial charge in [-0.25, -0.2) is 9.38 Å². The van der Waals surface area contributed by atoms with Gasteiger partial charge < -0.3 is 19.9 Å². The van der Waals surface area contributed by atoms with Crippen molar-refractivity contribution in [2.24, 2.45) is 10.7 Å². The molecule has 0 radical (unpaired) electrons. The molecular weight excluding hydrogens is 401 g/mol. The minimum atomic E-state index is -1.16. The first kappa shape index (κ1) is 21.1. The van der Waals surface area contributed by atoms with Crippen LogP contribution in [-0.4, -0.2) is 50.7 Å². The summed E-state index contributed by atoms with van der Waals surface area (Å²) in [5.41, 5.74) is 6.87. The van der Waals surface area contributed by atoms with Gasteiger partial charge in [0.05, 0.1) is 7.11 Å². The standard InChI is InChI=1S/C23H26FN3O4/c1-27-21(28)23(26-22(27)25)13-17(5-4-8-29-2)31-20-7-6-14(11-19(20)23)15-9-16(24)12-18(10-15)30-3/h6-7,9-12,17H,4-5,8,13H2,1-3H3,(H2,25,26). The van der Waals surface area contributed by atoms with Gasteiger partial charge in [-0.15, -0.1) is 0 Å². The first-order chi connectivity index (χ1) is 14.9. The first-order valence-corrected chi connectivity index (χ1v) is 10.2. The summed E-state index contributed by atoms with van der Waals surface area (Å²) >= 11 is 0. The fraction of sp³-hybridized carbons (Fsp3) is 0.391. The SMILES string of the molecule is COCCCC1CC2(N=C(N)N(C)C2=O)c2cc(-c3cc(F)cc(OC)c3)ccc2O1. The monoisotopic (exact) mass is 427 g/mol. The van der Waals surface area contributed by atoms with E-state index in [2.05, 4.69) is 4.99 Å². The molecule has 0 saturated heterocycles. The van der Waals surface area contributed by atoms with E-state index in [1.807, 2.05) is 18.2 Å². The molecule has 4 rings (SSSR count). The van der Waals surface area contributed by atoms with E-state index in [0.717, 1.165) is 18.4 Å². The lowest BCUT2D eigenvalue weighted by molar-refractivity contribution is -0.132. The number of rotatable bonds is 6. The Bertz CT molecular complexity index is 1040. The average molecular weight is 427 g/mol. The summed E-state index contributed by atoms with van der Waals surface area (Å²) in [5.74, 6) is 0.568. The molecule has 2 aliphatic rings. The van der Waals surface area contributed by atoms with Crippen molar-refractivity contribution in [3.63, 3.8) is 0 Å². The number of aliphatic imine (C=N–C) groups is 1. The molecule has 2 heterocycles. The third-order valence-electron chi connectivity index (χ3n) is 5.86.